The molecule has 0 spiro atoms. The van der Waals surface area contributed by atoms with E-state index >= 15 is 0 Å². The van der Waals surface area contributed by atoms with Crippen LogP contribution in [0.25, 0.3) is 0 Å². The first-order valence-corrected chi connectivity index (χ1v) is 12.6. The minimum absolute atomic E-state index is 0.0959. The van der Waals surface area contributed by atoms with Gasteiger partial charge in [-0.2, -0.15) is 17.5 Å². The molecule has 3 fully saturated rings. The molecule has 1 saturated heterocycles. The average Bonchev–Trinajstić information content (AvgIpc) is 3.40. The van der Waals surface area contributed by atoms with Crippen molar-refractivity contribution in [3.63, 3.8) is 0 Å². The van der Waals surface area contributed by atoms with Crippen molar-refractivity contribution in [1.82, 2.24) is 9.21 Å². The maximum absolute atomic E-state index is 13.6. The van der Waals surface area contributed by atoms with Crippen LogP contribution >= 0.6 is 0 Å². The van der Waals surface area contributed by atoms with Crippen LogP contribution in [0.3, 0.4) is 0 Å². The van der Waals surface area contributed by atoms with Crippen molar-refractivity contribution in [1.29, 1.82) is 0 Å². The Morgan fingerprint density at radius 1 is 0.938 bits per heavy atom. The second kappa shape index (κ2) is 8.15. The number of hydrogen-bond acceptors (Lipinski definition) is 3. The molecule has 1 heterocycles. The van der Waals surface area contributed by atoms with E-state index < -0.39 is 21.8 Å². The lowest BCUT2D eigenvalue weighted by Gasteiger charge is -2.32. The van der Waals surface area contributed by atoms with Crippen LogP contribution in [-0.4, -0.2) is 42.8 Å². The first-order chi connectivity index (χ1) is 15.2. The number of benzene rings is 2. The molecule has 3 aliphatic rings. The first kappa shape index (κ1) is 21.9. The monoisotopic (exact) mass is 464 g/mol. The summed E-state index contributed by atoms with van der Waals surface area (Å²) < 4.78 is 68.4. The molecule has 2 saturated carbocycles. The Morgan fingerprint density at radius 3 is 2.38 bits per heavy atom. The zero-order chi connectivity index (χ0) is 22.5. The van der Waals surface area contributed by atoms with E-state index in [1.807, 2.05) is 18.2 Å². The summed E-state index contributed by atoms with van der Waals surface area (Å²) in [5.41, 5.74) is 0.313. The van der Waals surface area contributed by atoms with Crippen LogP contribution in [0.4, 0.5) is 13.2 Å². The number of likely N-dealkylation sites (tertiary alicyclic amines) is 1. The molecule has 5 rings (SSSR count). The van der Waals surface area contributed by atoms with Gasteiger partial charge in [0, 0.05) is 31.7 Å². The average molecular weight is 465 g/mol. The molecule has 4 nitrogen and oxygen atoms in total. The largest absolute Gasteiger partial charge is 0.416 e. The lowest BCUT2D eigenvalue weighted by Crippen LogP contribution is -2.45. The number of halogens is 3. The van der Waals surface area contributed by atoms with E-state index in [9.17, 15) is 21.6 Å². The van der Waals surface area contributed by atoms with Crippen LogP contribution in [0.15, 0.2) is 59.5 Å². The summed E-state index contributed by atoms with van der Waals surface area (Å²) in [5, 5.41) is 0. The maximum Gasteiger partial charge on any atom is 0.416 e. The van der Waals surface area contributed by atoms with E-state index in [1.54, 1.807) is 4.31 Å². The third-order valence-electron chi connectivity index (χ3n) is 7.11. The predicted molar refractivity (Wildman–Crippen MR) is 115 cm³/mol. The Bertz CT molecular complexity index is 1070. The minimum atomic E-state index is -4.57. The Balaban J connectivity index is 1.39. The Hall–Kier alpha value is -1.90. The fraction of sp³-hybridized carbons (Fsp3) is 0.500. The zero-order valence-corrected chi connectivity index (χ0v) is 18.5. The van der Waals surface area contributed by atoms with Crippen LogP contribution in [0.1, 0.15) is 36.8 Å². The van der Waals surface area contributed by atoms with E-state index in [2.05, 4.69) is 17.0 Å². The maximum atomic E-state index is 13.6. The van der Waals surface area contributed by atoms with Crippen molar-refractivity contribution in [2.45, 2.75) is 55.4 Å². The summed E-state index contributed by atoms with van der Waals surface area (Å²) in [6.07, 6.45) is -1.28. The van der Waals surface area contributed by atoms with Gasteiger partial charge < -0.3 is 0 Å². The normalized spacial score (nSPS) is 26.6. The summed E-state index contributed by atoms with van der Waals surface area (Å²) in [6.45, 7) is 2.61. The summed E-state index contributed by atoms with van der Waals surface area (Å²) in [6, 6.07) is 14.2. The molecule has 0 N–H and O–H groups in total. The van der Waals surface area contributed by atoms with Gasteiger partial charge in [-0.1, -0.05) is 36.4 Å². The third-order valence-corrected chi connectivity index (χ3v) is 9.09. The first-order valence-electron chi connectivity index (χ1n) is 11.2. The van der Waals surface area contributed by atoms with E-state index in [0.29, 0.717) is 5.92 Å². The Kier molecular flexibility index (Phi) is 5.58. The molecular formula is C24H27F3N2O2S. The molecule has 2 aromatic rings. The highest BCUT2D eigenvalue weighted by atomic mass is 32.2. The van der Waals surface area contributed by atoms with Gasteiger partial charge in [-0.25, -0.2) is 8.42 Å². The predicted octanol–water partition coefficient (Wildman–Crippen LogP) is 4.77. The topological polar surface area (TPSA) is 40.6 Å². The van der Waals surface area contributed by atoms with Gasteiger partial charge in [0.15, 0.2) is 0 Å². The molecule has 2 aromatic carbocycles. The molecule has 0 unspecified atom stereocenters. The number of alkyl halides is 3. The molecule has 8 heteroatoms. The Morgan fingerprint density at radius 2 is 1.69 bits per heavy atom. The highest BCUT2D eigenvalue weighted by molar-refractivity contribution is 7.89. The molecule has 3 atom stereocenters. The second-order valence-electron chi connectivity index (χ2n) is 9.34. The number of rotatable bonds is 6. The SMILES string of the molecule is O=S(=O)(c1cccc(C(F)(F)F)c1)N(C1CC1)[C@H]1CC[C@@H]2CN(Cc3ccccc3)C[C@H]21. The quantitative estimate of drug-likeness (QED) is 0.619. The number of sulfonamides is 1. The van der Waals surface area contributed by atoms with Gasteiger partial charge >= 0.3 is 6.18 Å². The van der Waals surface area contributed by atoms with Gasteiger partial charge in [0.2, 0.25) is 10.0 Å². The highest BCUT2D eigenvalue weighted by Crippen LogP contribution is 2.46. The van der Waals surface area contributed by atoms with Crippen LogP contribution in [0, 0.1) is 11.8 Å². The van der Waals surface area contributed by atoms with Crippen molar-refractivity contribution >= 4 is 10.0 Å². The number of nitrogens with zero attached hydrogens (tertiary/aromatic N) is 2. The Labute approximate surface area is 187 Å². The molecule has 1 aliphatic heterocycles. The molecule has 0 radical (unpaired) electrons. The van der Waals surface area contributed by atoms with Gasteiger partial charge in [0.1, 0.15) is 0 Å². The van der Waals surface area contributed by atoms with E-state index in [-0.39, 0.29) is 22.9 Å². The summed E-state index contributed by atoms with van der Waals surface area (Å²) in [7, 11) is -4.00. The molecule has 172 valence electrons. The van der Waals surface area contributed by atoms with Gasteiger partial charge in [-0.15, -0.1) is 0 Å². The van der Waals surface area contributed by atoms with Crippen molar-refractivity contribution in [2.24, 2.45) is 11.8 Å². The number of hydrogen-bond donors (Lipinski definition) is 0. The van der Waals surface area contributed by atoms with Crippen LogP contribution in [0.5, 0.6) is 0 Å². The lowest BCUT2D eigenvalue weighted by molar-refractivity contribution is -0.137. The molecular weight excluding hydrogens is 437 g/mol. The third kappa shape index (κ3) is 4.20. The second-order valence-corrected chi connectivity index (χ2v) is 11.2. The smallest absolute Gasteiger partial charge is 0.298 e. The molecule has 2 aliphatic carbocycles. The molecule has 0 amide bonds. The van der Waals surface area contributed by atoms with Crippen molar-refractivity contribution in [3.05, 3.63) is 65.7 Å². The molecule has 32 heavy (non-hydrogen) atoms. The van der Waals surface area contributed by atoms with Crippen LogP contribution in [0.2, 0.25) is 0 Å². The summed E-state index contributed by atoms with van der Waals surface area (Å²) in [5.74, 6) is 0.654. The van der Waals surface area contributed by atoms with Gasteiger partial charge in [-0.3, -0.25) is 4.90 Å². The van der Waals surface area contributed by atoms with Crippen molar-refractivity contribution < 1.29 is 21.6 Å². The van der Waals surface area contributed by atoms with Crippen molar-refractivity contribution in [3.8, 4) is 0 Å². The van der Waals surface area contributed by atoms with Crippen molar-refractivity contribution in [2.75, 3.05) is 13.1 Å². The van der Waals surface area contributed by atoms with Gasteiger partial charge in [0.05, 0.1) is 10.5 Å². The van der Waals surface area contributed by atoms with Gasteiger partial charge in [0.25, 0.3) is 0 Å². The standard InChI is InChI=1S/C24H27F3N2O2S/c25-24(26,27)19-7-4-8-21(13-19)32(30,31)29(20-10-11-20)23-12-9-18-15-28(16-22(18)23)14-17-5-2-1-3-6-17/h1-8,13,18,20,22-23H,9-12,14-16H2/t18-,22-,23+/m1/s1. The van der Waals surface area contributed by atoms with E-state index in [0.717, 1.165) is 57.5 Å². The summed E-state index contributed by atoms with van der Waals surface area (Å²) >= 11 is 0. The zero-order valence-electron chi connectivity index (χ0n) is 17.7. The minimum Gasteiger partial charge on any atom is -0.298 e. The fourth-order valence-corrected chi connectivity index (χ4v) is 7.54. The number of fused-ring (bicyclic) bond motifs is 1. The molecule has 0 bridgehead atoms. The fourth-order valence-electron chi connectivity index (χ4n) is 5.54. The summed E-state index contributed by atoms with van der Waals surface area (Å²) in [4.78, 5) is 2.14. The molecule has 0 aromatic heterocycles. The van der Waals surface area contributed by atoms with E-state index in [1.165, 1.54) is 17.7 Å². The highest BCUT2D eigenvalue weighted by Gasteiger charge is 2.52. The van der Waals surface area contributed by atoms with E-state index in [4.69, 9.17) is 0 Å². The van der Waals surface area contributed by atoms with Gasteiger partial charge in [-0.05, 0) is 61.3 Å². The van der Waals surface area contributed by atoms with Crippen LogP contribution < -0.4 is 0 Å². The lowest BCUT2D eigenvalue weighted by atomic mass is 9.98. The van der Waals surface area contributed by atoms with Crippen LogP contribution in [-0.2, 0) is 22.7 Å².